The Kier molecular flexibility index (Phi) is 5.17. The van der Waals surface area contributed by atoms with Crippen LogP contribution in [0.25, 0.3) is 0 Å². The summed E-state index contributed by atoms with van der Waals surface area (Å²) in [5.41, 5.74) is 6.52. The normalized spacial score (nSPS) is 21.1. The molecule has 1 aliphatic rings. The van der Waals surface area contributed by atoms with E-state index in [1.54, 1.807) is 18.2 Å². The van der Waals surface area contributed by atoms with Crippen LogP contribution in [0, 0.1) is 0 Å². The maximum absolute atomic E-state index is 12.1. The van der Waals surface area contributed by atoms with Gasteiger partial charge in [-0.3, -0.25) is 9.59 Å². The van der Waals surface area contributed by atoms with Gasteiger partial charge in [-0.15, -0.1) is 0 Å². The van der Waals surface area contributed by atoms with Crippen molar-refractivity contribution in [3.05, 3.63) is 23.2 Å². The van der Waals surface area contributed by atoms with Crippen LogP contribution in [-0.4, -0.2) is 30.6 Å². The van der Waals surface area contributed by atoms with Crippen LogP contribution in [-0.2, 0) is 14.3 Å². The van der Waals surface area contributed by atoms with Crippen LogP contribution in [0.1, 0.15) is 19.8 Å². The fourth-order valence-electron chi connectivity index (χ4n) is 2.19. The molecule has 0 bridgehead atoms. The van der Waals surface area contributed by atoms with E-state index in [2.05, 4.69) is 10.6 Å². The van der Waals surface area contributed by atoms with Gasteiger partial charge in [0.05, 0.1) is 16.8 Å². The van der Waals surface area contributed by atoms with Crippen molar-refractivity contribution >= 4 is 34.8 Å². The molecule has 1 heterocycles. The van der Waals surface area contributed by atoms with Crippen molar-refractivity contribution in [3.63, 3.8) is 0 Å². The van der Waals surface area contributed by atoms with Gasteiger partial charge in [0.1, 0.15) is 6.10 Å². The summed E-state index contributed by atoms with van der Waals surface area (Å²) < 4.78 is 5.53. The van der Waals surface area contributed by atoms with E-state index in [0.29, 0.717) is 29.4 Å². The fourth-order valence-corrected chi connectivity index (χ4v) is 2.35. The molecule has 2 atom stereocenters. The smallest absolute Gasteiger partial charge is 0.253 e. The van der Waals surface area contributed by atoms with Crippen molar-refractivity contribution in [2.24, 2.45) is 5.73 Å². The van der Waals surface area contributed by atoms with Crippen molar-refractivity contribution in [1.82, 2.24) is 0 Å². The van der Waals surface area contributed by atoms with Gasteiger partial charge in [-0.2, -0.15) is 0 Å². The lowest BCUT2D eigenvalue weighted by Gasteiger charge is -2.14. The molecule has 0 aliphatic carbocycles. The summed E-state index contributed by atoms with van der Waals surface area (Å²) >= 11 is 6.05. The Morgan fingerprint density at radius 1 is 1.38 bits per heavy atom. The average Bonchev–Trinajstić information content (AvgIpc) is 2.91. The summed E-state index contributed by atoms with van der Waals surface area (Å²) in [5.74, 6) is -0.452. The van der Waals surface area contributed by atoms with E-state index in [1.807, 2.05) is 0 Å². The third-order valence-electron chi connectivity index (χ3n) is 3.21. The Morgan fingerprint density at radius 2 is 2.14 bits per heavy atom. The van der Waals surface area contributed by atoms with E-state index in [9.17, 15) is 9.59 Å². The van der Waals surface area contributed by atoms with E-state index in [0.717, 1.165) is 6.42 Å². The van der Waals surface area contributed by atoms with Crippen LogP contribution in [0.5, 0.6) is 0 Å². The Labute approximate surface area is 128 Å². The number of hydrogen-bond donors (Lipinski definition) is 3. The molecular weight excluding hydrogens is 294 g/mol. The van der Waals surface area contributed by atoms with E-state index in [4.69, 9.17) is 22.1 Å². The van der Waals surface area contributed by atoms with Crippen molar-refractivity contribution in [1.29, 1.82) is 0 Å². The zero-order chi connectivity index (χ0) is 15.4. The van der Waals surface area contributed by atoms with Gasteiger partial charge < -0.3 is 21.1 Å². The summed E-state index contributed by atoms with van der Waals surface area (Å²) in [6.07, 6.45) is 0.825. The lowest BCUT2D eigenvalue weighted by molar-refractivity contribution is -0.126. The first-order valence-electron chi connectivity index (χ1n) is 6.73. The molecule has 4 N–H and O–H groups in total. The molecule has 0 aromatic heterocycles. The molecule has 2 amide bonds. The number of carbonyl (C=O) groups is 2. The zero-order valence-corrected chi connectivity index (χ0v) is 12.4. The minimum atomic E-state index is -0.515. The van der Waals surface area contributed by atoms with Crippen LogP contribution in [0.3, 0.4) is 0 Å². The second kappa shape index (κ2) is 6.89. The maximum Gasteiger partial charge on any atom is 0.253 e. The summed E-state index contributed by atoms with van der Waals surface area (Å²) in [5, 5.41) is 5.75. The number of nitrogens with one attached hydrogen (secondary N) is 2. The molecule has 1 aliphatic heterocycles. The second-order valence-electron chi connectivity index (χ2n) is 4.92. The Morgan fingerprint density at radius 3 is 2.76 bits per heavy atom. The first kappa shape index (κ1) is 15.8. The largest absolute Gasteiger partial charge is 0.364 e. The van der Waals surface area contributed by atoms with Crippen molar-refractivity contribution in [2.75, 3.05) is 17.2 Å². The van der Waals surface area contributed by atoms with Gasteiger partial charge in [-0.05, 0) is 31.0 Å². The van der Waals surface area contributed by atoms with E-state index < -0.39 is 6.10 Å². The number of amides is 2. The molecule has 2 rings (SSSR count). The fraction of sp³-hybridized carbons (Fsp3) is 0.429. The highest BCUT2D eigenvalue weighted by Crippen LogP contribution is 2.27. The van der Waals surface area contributed by atoms with Gasteiger partial charge in [-0.1, -0.05) is 11.6 Å². The quantitative estimate of drug-likeness (QED) is 0.789. The van der Waals surface area contributed by atoms with Crippen molar-refractivity contribution < 1.29 is 14.3 Å². The number of rotatable bonds is 4. The van der Waals surface area contributed by atoms with Crippen molar-refractivity contribution in [3.8, 4) is 0 Å². The highest BCUT2D eigenvalue weighted by molar-refractivity contribution is 6.33. The number of carbonyl (C=O) groups excluding carboxylic acids is 2. The third kappa shape index (κ3) is 4.17. The van der Waals surface area contributed by atoms with Crippen LogP contribution in [0.4, 0.5) is 11.4 Å². The van der Waals surface area contributed by atoms with Gasteiger partial charge >= 0.3 is 0 Å². The SMILES string of the molecule is CC(=O)Nc1ccc(Cl)c(NC(=O)[C@@H]2CC[C@H](CN)O2)c1. The molecule has 114 valence electrons. The zero-order valence-electron chi connectivity index (χ0n) is 11.7. The number of nitrogens with two attached hydrogens (primary N) is 1. The standard InChI is InChI=1S/C14H18ClN3O3/c1-8(19)17-9-2-4-11(15)12(6-9)18-14(20)13-5-3-10(7-16)21-13/h2,4,6,10,13H,3,5,7,16H2,1H3,(H,17,19)(H,18,20)/t10-,13+/m1/s1. The Bertz CT molecular complexity index is 550. The lowest BCUT2D eigenvalue weighted by Crippen LogP contribution is -2.29. The highest BCUT2D eigenvalue weighted by atomic mass is 35.5. The molecule has 6 nitrogen and oxygen atoms in total. The third-order valence-corrected chi connectivity index (χ3v) is 3.54. The molecule has 21 heavy (non-hydrogen) atoms. The number of benzene rings is 1. The Balaban J connectivity index is 2.04. The topological polar surface area (TPSA) is 93.5 Å². The molecule has 0 unspecified atom stereocenters. The Hall–Kier alpha value is -1.63. The van der Waals surface area contributed by atoms with Gasteiger partial charge in [-0.25, -0.2) is 0 Å². The molecule has 1 saturated heterocycles. The minimum absolute atomic E-state index is 0.0677. The molecule has 1 aromatic rings. The lowest BCUT2D eigenvalue weighted by atomic mass is 10.2. The first-order chi connectivity index (χ1) is 9.99. The van der Waals surface area contributed by atoms with Gasteiger partial charge in [0.25, 0.3) is 5.91 Å². The molecule has 0 saturated carbocycles. The van der Waals surface area contributed by atoms with E-state index in [1.165, 1.54) is 6.92 Å². The summed E-state index contributed by atoms with van der Waals surface area (Å²) in [6, 6.07) is 4.88. The number of anilines is 2. The molecule has 7 heteroatoms. The minimum Gasteiger partial charge on any atom is -0.364 e. The van der Waals surface area contributed by atoms with E-state index in [-0.39, 0.29) is 17.9 Å². The van der Waals surface area contributed by atoms with Gasteiger partial charge in [0, 0.05) is 19.2 Å². The predicted molar refractivity (Wildman–Crippen MR) is 81.3 cm³/mol. The number of hydrogen-bond acceptors (Lipinski definition) is 4. The molecule has 1 aromatic carbocycles. The first-order valence-corrected chi connectivity index (χ1v) is 7.11. The van der Waals surface area contributed by atoms with Crippen LogP contribution >= 0.6 is 11.6 Å². The van der Waals surface area contributed by atoms with Crippen LogP contribution < -0.4 is 16.4 Å². The number of halogens is 1. The second-order valence-corrected chi connectivity index (χ2v) is 5.33. The molecular formula is C14H18ClN3O3. The monoisotopic (exact) mass is 311 g/mol. The predicted octanol–water partition coefficient (Wildman–Crippen LogP) is 1.74. The highest BCUT2D eigenvalue weighted by Gasteiger charge is 2.30. The van der Waals surface area contributed by atoms with Crippen LogP contribution in [0.2, 0.25) is 5.02 Å². The summed E-state index contributed by atoms with van der Waals surface area (Å²) in [6.45, 7) is 1.81. The van der Waals surface area contributed by atoms with Gasteiger partial charge in [0.2, 0.25) is 5.91 Å². The molecule has 1 fully saturated rings. The van der Waals surface area contributed by atoms with Gasteiger partial charge in [0.15, 0.2) is 0 Å². The van der Waals surface area contributed by atoms with Crippen LogP contribution in [0.15, 0.2) is 18.2 Å². The summed E-state index contributed by atoms with van der Waals surface area (Å²) in [4.78, 5) is 23.2. The van der Waals surface area contributed by atoms with E-state index >= 15 is 0 Å². The maximum atomic E-state index is 12.1. The average molecular weight is 312 g/mol. The number of ether oxygens (including phenoxy) is 1. The molecule has 0 spiro atoms. The van der Waals surface area contributed by atoms with Crippen molar-refractivity contribution in [2.45, 2.75) is 32.0 Å². The molecule has 0 radical (unpaired) electrons. The summed E-state index contributed by atoms with van der Waals surface area (Å²) in [7, 11) is 0.